The molecule has 0 amide bonds. The fourth-order valence-electron chi connectivity index (χ4n) is 1.86. The minimum Gasteiger partial charge on any atom is -1.00 e. The summed E-state index contributed by atoms with van der Waals surface area (Å²) in [5.74, 6) is 0. The fraction of sp³-hybridized carbons (Fsp3) is 0. The predicted molar refractivity (Wildman–Crippen MR) is 82.6 cm³/mol. The molecule has 0 unspecified atom stereocenters. The minimum absolute atomic E-state index is 0. The van der Waals surface area contributed by atoms with Crippen LogP contribution in [0.3, 0.4) is 0 Å². The van der Waals surface area contributed by atoms with E-state index in [0.29, 0.717) is 0 Å². The van der Waals surface area contributed by atoms with Gasteiger partial charge in [-0.25, -0.2) is 0 Å². The molecule has 6 nitrogen and oxygen atoms in total. The van der Waals surface area contributed by atoms with Crippen LogP contribution >= 0.6 is 23.2 Å². The standard InChI is InChI=1S/C12H8Cl2O6S2.Li.H/c13-7-1-3-9(11(5-7)21(15,16)17)10-4-2-8(14)6-12(10)22(18,19)20;;/h1-6H,(H,15,16,17)(H,18,19,20);;/q;+1;-1. The molecule has 0 saturated carbocycles. The van der Waals surface area contributed by atoms with Crippen LogP contribution in [0.1, 0.15) is 1.43 Å². The van der Waals surface area contributed by atoms with Crippen molar-refractivity contribution in [3.05, 3.63) is 46.4 Å². The molecule has 0 aromatic heterocycles. The smallest absolute Gasteiger partial charge is 1.00 e. The summed E-state index contributed by atoms with van der Waals surface area (Å²) in [7, 11) is -9.34. The van der Waals surface area contributed by atoms with Crippen LogP contribution in [-0.2, 0) is 20.2 Å². The molecule has 2 aromatic carbocycles. The Bertz CT molecular complexity index is 884. The molecule has 0 radical (unpaired) electrons. The van der Waals surface area contributed by atoms with Crippen LogP contribution in [0.25, 0.3) is 11.1 Å². The number of hydrogen-bond acceptors (Lipinski definition) is 4. The van der Waals surface area contributed by atoms with Crippen LogP contribution in [0.2, 0.25) is 10.0 Å². The van der Waals surface area contributed by atoms with Crippen LogP contribution in [0, 0.1) is 0 Å². The fourth-order valence-corrected chi connectivity index (χ4v) is 3.80. The second kappa shape index (κ2) is 7.13. The molecule has 11 heteroatoms. The van der Waals surface area contributed by atoms with Crippen LogP contribution < -0.4 is 18.9 Å². The zero-order chi connectivity index (χ0) is 16.7. The molecule has 0 heterocycles. The van der Waals surface area contributed by atoms with E-state index in [1.54, 1.807) is 0 Å². The molecule has 0 saturated heterocycles. The first-order chi connectivity index (χ1) is 10.00. The first kappa shape index (κ1) is 20.5. The van der Waals surface area contributed by atoms with Crippen molar-refractivity contribution in [2.45, 2.75) is 9.79 Å². The maximum absolute atomic E-state index is 11.5. The summed E-state index contributed by atoms with van der Waals surface area (Å²) < 4.78 is 64.4. The predicted octanol–water partition coefficient (Wildman–Crippen LogP) is 0.270. The molecule has 0 bridgehead atoms. The summed E-state index contributed by atoms with van der Waals surface area (Å²) in [6.07, 6.45) is 0. The molecule has 23 heavy (non-hydrogen) atoms. The van der Waals surface area contributed by atoms with E-state index in [4.69, 9.17) is 23.2 Å². The van der Waals surface area contributed by atoms with Gasteiger partial charge in [-0.3, -0.25) is 9.11 Å². The van der Waals surface area contributed by atoms with Gasteiger partial charge in [0.05, 0.1) is 0 Å². The Morgan fingerprint density at radius 1 is 0.739 bits per heavy atom. The molecule has 0 fully saturated rings. The van der Waals surface area contributed by atoms with Crippen LogP contribution in [0.4, 0.5) is 0 Å². The molecule has 0 aliphatic carbocycles. The quantitative estimate of drug-likeness (QED) is 0.575. The Balaban J connectivity index is 0.00000264. The van der Waals surface area contributed by atoms with E-state index in [2.05, 4.69) is 0 Å². The molecular weight excluding hydrogens is 382 g/mol. The van der Waals surface area contributed by atoms with Gasteiger partial charge >= 0.3 is 18.9 Å². The molecule has 2 aromatic rings. The van der Waals surface area contributed by atoms with Crippen molar-refractivity contribution >= 4 is 43.4 Å². The zero-order valence-electron chi connectivity index (χ0n) is 12.6. The van der Waals surface area contributed by atoms with E-state index in [0.717, 1.165) is 12.1 Å². The number of rotatable bonds is 3. The molecule has 2 rings (SSSR count). The van der Waals surface area contributed by atoms with E-state index >= 15 is 0 Å². The Kier molecular flexibility index (Phi) is 6.35. The van der Waals surface area contributed by atoms with Gasteiger partial charge in [0.15, 0.2) is 0 Å². The Labute approximate surface area is 156 Å². The van der Waals surface area contributed by atoms with E-state index in [9.17, 15) is 25.9 Å². The monoisotopic (exact) mass is 390 g/mol. The maximum atomic E-state index is 11.5. The Hall–Kier alpha value is -0.563. The minimum atomic E-state index is -4.67. The molecule has 0 atom stereocenters. The van der Waals surface area contributed by atoms with Gasteiger partial charge in [0.2, 0.25) is 0 Å². The number of benzene rings is 2. The largest absolute Gasteiger partial charge is 1.00 e. The van der Waals surface area contributed by atoms with Crippen molar-refractivity contribution < 1.29 is 46.2 Å². The molecule has 0 spiro atoms. The molecule has 0 aliphatic rings. The van der Waals surface area contributed by atoms with Gasteiger partial charge in [0, 0.05) is 21.2 Å². The average Bonchev–Trinajstić information content (AvgIpc) is 2.37. The molecular formula is C12H9Cl2LiO6S2. The van der Waals surface area contributed by atoms with Gasteiger partial charge in [-0.2, -0.15) is 16.8 Å². The van der Waals surface area contributed by atoms with Crippen LogP contribution in [-0.4, -0.2) is 25.9 Å². The summed E-state index contributed by atoms with van der Waals surface area (Å²) >= 11 is 11.4. The van der Waals surface area contributed by atoms with Crippen molar-refractivity contribution in [1.29, 1.82) is 0 Å². The normalized spacial score (nSPS) is 11.8. The summed E-state index contributed by atoms with van der Waals surface area (Å²) in [5, 5.41) is 0.0532. The number of hydrogen-bond donors (Lipinski definition) is 2. The van der Waals surface area contributed by atoms with Gasteiger partial charge in [0.1, 0.15) is 9.79 Å². The van der Waals surface area contributed by atoms with Crippen molar-refractivity contribution in [1.82, 2.24) is 0 Å². The van der Waals surface area contributed by atoms with Gasteiger partial charge in [-0.15, -0.1) is 0 Å². The van der Waals surface area contributed by atoms with E-state index in [-0.39, 0.29) is 41.5 Å². The zero-order valence-corrected chi connectivity index (χ0v) is 14.7. The van der Waals surface area contributed by atoms with Crippen molar-refractivity contribution in [3.63, 3.8) is 0 Å². The second-order valence-corrected chi connectivity index (χ2v) is 7.88. The van der Waals surface area contributed by atoms with Gasteiger partial charge in [-0.1, -0.05) is 35.3 Å². The van der Waals surface area contributed by atoms with Crippen LogP contribution in [0.5, 0.6) is 0 Å². The summed E-state index contributed by atoms with van der Waals surface area (Å²) in [4.78, 5) is -1.18. The summed E-state index contributed by atoms with van der Waals surface area (Å²) in [5.41, 5.74) is -0.285. The third-order valence-electron chi connectivity index (χ3n) is 2.73. The maximum Gasteiger partial charge on any atom is 1.00 e. The third kappa shape index (κ3) is 4.72. The Morgan fingerprint density at radius 3 is 1.30 bits per heavy atom. The van der Waals surface area contributed by atoms with E-state index in [1.807, 2.05) is 0 Å². The van der Waals surface area contributed by atoms with Crippen molar-refractivity contribution in [2.24, 2.45) is 0 Å². The average molecular weight is 391 g/mol. The van der Waals surface area contributed by atoms with Crippen molar-refractivity contribution in [2.75, 3.05) is 0 Å². The molecule has 2 N–H and O–H groups in total. The molecule has 0 aliphatic heterocycles. The third-order valence-corrected chi connectivity index (χ3v) is 4.99. The second-order valence-electron chi connectivity index (χ2n) is 4.23. The topological polar surface area (TPSA) is 109 Å². The van der Waals surface area contributed by atoms with Gasteiger partial charge in [-0.05, 0) is 24.3 Å². The SMILES string of the molecule is O=S(=O)(O)c1cc(Cl)ccc1-c1ccc(Cl)cc1S(=O)(=O)O.[H-].[Li+]. The number of halogens is 2. The Morgan fingerprint density at radius 2 is 1.04 bits per heavy atom. The van der Waals surface area contributed by atoms with E-state index in [1.165, 1.54) is 24.3 Å². The first-order valence-corrected chi connectivity index (χ1v) is 9.18. The van der Waals surface area contributed by atoms with Crippen molar-refractivity contribution in [3.8, 4) is 11.1 Å². The summed E-state index contributed by atoms with van der Waals surface area (Å²) in [6, 6.07) is 6.98. The first-order valence-electron chi connectivity index (χ1n) is 5.54. The van der Waals surface area contributed by atoms with Gasteiger partial charge < -0.3 is 1.43 Å². The summed E-state index contributed by atoms with van der Waals surface area (Å²) in [6.45, 7) is 0. The van der Waals surface area contributed by atoms with Gasteiger partial charge in [0.25, 0.3) is 20.2 Å². The molecule has 120 valence electrons. The van der Waals surface area contributed by atoms with E-state index < -0.39 is 30.0 Å². The van der Waals surface area contributed by atoms with Crippen LogP contribution in [0.15, 0.2) is 46.2 Å².